The fraction of sp³-hybridized carbons (Fsp3) is 1.00. The van der Waals surface area contributed by atoms with E-state index in [-0.39, 0.29) is 0 Å². The van der Waals surface area contributed by atoms with E-state index in [0.717, 1.165) is 6.04 Å². The number of likely N-dealkylation sites (tertiary alicyclic amines) is 1. The van der Waals surface area contributed by atoms with Crippen LogP contribution in [0.3, 0.4) is 0 Å². The van der Waals surface area contributed by atoms with Crippen molar-refractivity contribution >= 4 is 0 Å². The van der Waals surface area contributed by atoms with Crippen LogP contribution in [-0.4, -0.2) is 36.1 Å². The SMILES string of the molecule is C1CN(C2CC2)C2(C1)CCNCC2. The van der Waals surface area contributed by atoms with E-state index in [1.165, 1.54) is 58.2 Å². The average Bonchev–Trinajstić information content (AvgIpc) is 2.93. The Labute approximate surface area is 80.7 Å². The summed E-state index contributed by atoms with van der Waals surface area (Å²) in [4.78, 5) is 2.86. The van der Waals surface area contributed by atoms with E-state index >= 15 is 0 Å². The third kappa shape index (κ3) is 1.31. The zero-order chi connectivity index (χ0) is 8.73. The molecule has 3 rings (SSSR count). The van der Waals surface area contributed by atoms with Gasteiger partial charge in [-0.2, -0.15) is 0 Å². The molecule has 1 saturated carbocycles. The standard InChI is InChI=1S/C11H20N2/c1-4-11(5-7-12-8-6-11)13(9-1)10-2-3-10/h10,12H,1-9H2. The lowest BCUT2D eigenvalue weighted by molar-refractivity contribution is 0.0923. The molecule has 0 radical (unpaired) electrons. The first-order valence-electron chi connectivity index (χ1n) is 5.88. The van der Waals surface area contributed by atoms with Crippen LogP contribution in [0.4, 0.5) is 0 Å². The quantitative estimate of drug-likeness (QED) is 0.655. The van der Waals surface area contributed by atoms with Gasteiger partial charge in [-0.1, -0.05) is 0 Å². The van der Waals surface area contributed by atoms with Crippen LogP contribution in [-0.2, 0) is 0 Å². The predicted octanol–water partition coefficient (Wildman–Crippen LogP) is 1.37. The molecule has 2 heteroatoms. The van der Waals surface area contributed by atoms with Crippen LogP contribution in [0, 0.1) is 0 Å². The second-order valence-electron chi connectivity index (χ2n) is 5.00. The first-order chi connectivity index (χ1) is 6.41. The van der Waals surface area contributed by atoms with Crippen LogP contribution < -0.4 is 5.32 Å². The Bertz CT molecular complexity index is 192. The molecule has 0 aromatic carbocycles. The number of hydrogen-bond acceptors (Lipinski definition) is 2. The summed E-state index contributed by atoms with van der Waals surface area (Å²) in [5.74, 6) is 0. The summed E-state index contributed by atoms with van der Waals surface area (Å²) in [6.07, 6.45) is 8.71. The molecule has 0 amide bonds. The zero-order valence-corrected chi connectivity index (χ0v) is 8.39. The van der Waals surface area contributed by atoms with Gasteiger partial charge in [0, 0.05) is 11.6 Å². The van der Waals surface area contributed by atoms with Crippen molar-refractivity contribution in [2.45, 2.75) is 50.1 Å². The van der Waals surface area contributed by atoms with E-state index < -0.39 is 0 Å². The zero-order valence-electron chi connectivity index (χ0n) is 8.39. The van der Waals surface area contributed by atoms with Crippen LogP contribution in [0.25, 0.3) is 0 Å². The Kier molecular flexibility index (Phi) is 1.88. The lowest BCUT2D eigenvalue weighted by atomic mass is 9.85. The smallest absolute Gasteiger partial charge is 0.0237 e. The van der Waals surface area contributed by atoms with Crippen molar-refractivity contribution in [3.63, 3.8) is 0 Å². The summed E-state index contributed by atoms with van der Waals surface area (Å²) >= 11 is 0. The van der Waals surface area contributed by atoms with Crippen LogP contribution in [0.15, 0.2) is 0 Å². The summed E-state index contributed by atoms with van der Waals surface area (Å²) < 4.78 is 0. The van der Waals surface area contributed by atoms with Crippen molar-refractivity contribution in [2.24, 2.45) is 0 Å². The minimum atomic E-state index is 0.645. The molecule has 3 aliphatic rings. The third-order valence-electron chi connectivity index (χ3n) is 4.17. The Morgan fingerprint density at radius 3 is 2.54 bits per heavy atom. The second-order valence-corrected chi connectivity index (χ2v) is 5.00. The molecule has 0 unspecified atom stereocenters. The topological polar surface area (TPSA) is 15.3 Å². The van der Waals surface area contributed by atoms with Gasteiger partial charge >= 0.3 is 0 Å². The maximum Gasteiger partial charge on any atom is 0.0237 e. The fourth-order valence-corrected chi connectivity index (χ4v) is 3.34. The van der Waals surface area contributed by atoms with Crippen molar-refractivity contribution in [3.8, 4) is 0 Å². The average molecular weight is 180 g/mol. The monoisotopic (exact) mass is 180 g/mol. The minimum absolute atomic E-state index is 0.645. The molecule has 0 aromatic heterocycles. The third-order valence-corrected chi connectivity index (χ3v) is 4.17. The number of nitrogens with one attached hydrogen (secondary N) is 1. The molecule has 2 heterocycles. The van der Waals surface area contributed by atoms with Crippen molar-refractivity contribution < 1.29 is 0 Å². The van der Waals surface area contributed by atoms with Gasteiger partial charge in [0.05, 0.1) is 0 Å². The van der Waals surface area contributed by atoms with E-state index in [9.17, 15) is 0 Å². The normalized spacial score (nSPS) is 34.2. The molecular formula is C11H20N2. The van der Waals surface area contributed by atoms with Gasteiger partial charge in [-0.25, -0.2) is 0 Å². The minimum Gasteiger partial charge on any atom is -0.317 e. The van der Waals surface area contributed by atoms with Gasteiger partial charge in [0.15, 0.2) is 0 Å². The van der Waals surface area contributed by atoms with Gasteiger partial charge in [-0.05, 0) is 58.2 Å². The first kappa shape index (κ1) is 8.25. The van der Waals surface area contributed by atoms with E-state index in [1.807, 2.05) is 0 Å². The highest BCUT2D eigenvalue weighted by Gasteiger charge is 2.47. The van der Waals surface area contributed by atoms with Gasteiger partial charge in [0.25, 0.3) is 0 Å². The molecule has 1 aliphatic carbocycles. The second kappa shape index (κ2) is 2.96. The molecule has 1 N–H and O–H groups in total. The highest BCUT2D eigenvalue weighted by molar-refractivity contribution is 5.04. The summed E-state index contributed by atoms with van der Waals surface area (Å²) in [7, 11) is 0. The Balaban J connectivity index is 1.77. The van der Waals surface area contributed by atoms with E-state index in [4.69, 9.17) is 0 Å². The molecule has 2 aliphatic heterocycles. The maximum absolute atomic E-state index is 3.49. The molecule has 2 saturated heterocycles. The fourth-order valence-electron chi connectivity index (χ4n) is 3.34. The maximum atomic E-state index is 3.49. The molecule has 0 aromatic rings. The van der Waals surface area contributed by atoms with E-state index in [1.54, 1.807) is 0 Å². The van der Waals surface area contributed by atoms with Crippen LogP contribution >= 0.6 is 0 Å². The molecule has 1 spiro atoms. The summed E-state index contributed by atoms with van der Waals surface area (Å²) in [6, 6.07) is 0.987. The molecule has 0 bridgehead atoms. The highest BCUT2D eigenvalue weighted by Crippen LogP contribution is 2.43. The number of rotatable bonds is 1. The van der Waals surface area contributed by atoms with Crippen molar-refractivity contribution in [3.05, 3.63) is 0 Å². The largest absolute Gasteiger partial charge is 0.317 e. The van der Waals surface area contributed by atoms with Crippen molar-refractivity contribution in [1.82, 2.24) is 10.2 Å². The Morgan fingerprint density at radius 1 is 1.08 bits per heavy atom. The van der Waals surface area contributed by atoms with Gasteiger partial charge < -0.3 is 5.32 Å². The van der Waals surface area contributed by atoms with Gasteiger partial charge in [-0.3, -0.25) is 4.90 Å². The van der Waals surface area contributed by atoms with Crippen molar-refractivity contribution in [1.29, 1.82) is 0 Å². The van der Waals surface area contributed by atoms with Crippen LogP contribution in [0.5, 0.6) is 0 Å². The number of hydrogen-bond donors (Lipinski definition) is 1. The first-order valence-corrected chi connectivity index (χ1v) is 5.88. The van der Waals surface area contributed by atoms with Gasteiger partial charge in [0.1, 0.15) is 0 Å². The molecule has 3 fully saturated rings. The van der Waals surface area contributed by atoms with Gasteiger partial charge in [0.2, 0.25) is 0 Å². The lowest BCUT2D eigenvalue weighted by Crippen LogP contribution is -2.51. The molecule has 2 nitrogen and oxygen atoms in total. The Morgan fingerprint density at radius 2 is 1.85 bits per heavy atom. The molecule has 74 valence electrons. The summed E-state index contributed by atoms with van der Waals surface area (Å²) in [6.45, 7) is 3.90. The Hall–Kier alpha value is -0.0800. The predicted molar refractivity (Wildman–Crippen MR) is 53.8 cm³/mol. The van der Waals surface area contributed by atoms with Crippen molar-refractivity contribution in [2.75, 3.05) is 19.6 Å². The highest BCUT2D eigenvalue weighted by atomic mass is 15.3. The van der Waals surface area contributed by atoms with Gasteiger partial charge in [-0.15, -0.1) is 0 Å². The molecule has 0 atom stereocenters. The van der Waals surface area contributed by atoms with Crippen LogP contribution in [0.2, 0.25) is 0 Å². The van der Waals surface area contributed by atoms with E-state index in [2.05, 4.69) is 10.2 Å². The lowest BCUT2D eigenvalue weighted by Gasteiger charge is -2.42. The molecular weight excluding hydrogens is 160 g/mol. The number of nitrogens with zero attached hydrogens (tertiary/aromatic N) is 1. The molecule has 13 heavy (non-hydrogen) atoms. The number of piperidine rings is 1. The van der Waals surface area contributed by atoms with E-state index in [0.29, 0.717) is 5.54 Å². The summed E-state index contributed by atoms with van der Waals surface area (Å²) in [5, 5.41) is 3.49. The van der Waals surface area contributed by atoms with Crippen LogP contribution in [0.1, 0.15) is 38.5 Å². The summed E-state index contributed by atoms with van der Waals surface area (Å²) in [5.41, 5.74) is 0.645.